The Labute approximate surface area is 257 Å². The number of hydrogen-bond acceptors (Lipinski definition) is 8. The number of rotatable bonds is 8. The van der Waals surface area contributed by atoms with Gasteiger partial charge in [-0.05, 0) is 44.4 Å². The van der Waals surface area contributed by atoms with E-state index in [0.29, 0.717) is 62.4 Å². The summed E-state index contributed by atoms with van der Waals surface area (Å²) >= 11 is 0. The highest BCUT2D eigenvalue weighted by atomic mass is 19.1. The van der Waals surface area contributed by atoms with E-state index in [-0.39, 0.29) is 28.4 Å². The molecule has 1 aliphatic rings. The predicted octanol–water partition coefficient (Wildman–Crippen LogP) is 4.42. The molecule has 4 heterocycles. The van der Waals surface area contributed by atoms with Gasteiger partial charge in [0.15, 0.2) is 17.3 Å². The molecule has 4 aromatic rings. The summed E-state index contributed by atoms with van der Waals surface area (Å²) in [7, 11) is 1.75. The number of anilines is 2. The van der Waals surface area contributed by atoms with Gasteiger partial charge in [0.25, 0.3) is 5.91 Å². The van der Waals surface area contributed by atoms with Crippen LogP contribution in [0.2, 0.25) is 0 Å². The standard InChI is InChI=1S/C26H30F2N8O2.C2H6.2C2H2/c1-4-26(38)13-35(14-26)21-9-8-17(15(2)30-21)24(37)34(3)10-6-5-7-20-31-23-18-11-16(27)12-19(28)22(18)32-25(29)36(23)33-20;3*1-2/h8-9,11-12,38H,4-7,10,13-14H2,1-3H3,(H2,29,32);1-2H3;2*1-2H. The fourth-order valence-electron chi connectivity index (χ4n) is 4.75. The van der Waals surface area contributed by atoms with Gasteiger partial charge in [0, 0.05) is 39.2 Å². The van der Waals surface area contributed by atoms with E-state index in [1.807, 2.05) is 38.7 Å². The van der Waals surface area contributed by atoms with Crippen LogP contribution in [-0.2, 0) is 6.42 Å². The number of aliphatic hydroxyl groups is 1. The normalized spacial score (nSPS) is 13.0. The number of hydrogen-bond donors (Lipinski definition) is 2. The SMILES string of the molecule is C#C.C#C.CC.CCC1(O)CN(c2ccc(C(=O)N(C)CCCCc3nc4c5cc(F)cc(F)c5nc(N)n4n3)c(C)n2)C1. The minimum Gasteiger partial charge on any atom is -0.386 e. The number of β-amino-alcohol motifs (C(OH)–C–C–N with tert-alkyl or cyclic N) is 1. The molecular formula is C32H40F2N8O2. The van der Waals surface area contributed by atoms with Crippen LogP contribution in [0.1, 0.15) is 61.9 Å². The fraction of sp³-hybridized carbons (Fsp3) is 0.406. The second-order valence-corrected chi connectivity index (χ2v) is 9.94. The number of amides is 1. The number of terminal acetylenes is 2. The van der Waals surface area contributed by atoms with E-state index in [1.54, 1.807) is 18.0 Å². The lowest BCUT2D eigenvalue weighted by molar-refractivity contribution is 0.00803. The maximum Gasteiger partial charge on any atom is 0.255 e. The van der Waals surface area contributed by atoms with E-state index in [0.717, 1.165) is 18.0 Å². The molecule has 0 atom stereocenters. The first kappa shape index (κ1) is 35.4. The molecule has 0 spiro atoms. The average Bonchev–Trinajstić information content (AvgIpc) is 3.46. The van der Waals surface area contributed by atoms with Crippen molar-refractivity contribution >= 4 is 34.2 Å². The van der Waals surface area contributed by atoms with Crippen LogP contribution in [0, 0.1) is 44.3 Å². The molecule has 1 aliphatic heterocycles. The zero-order valence-electron chi connectivity index (χ0n) is 25.9. The molecule has 1 amide bonds. The fourth-order valence-corrected chi connectivity index (χ4v) is 4.75. The van der Waals surface area contributed by atoms with Crippen molar-refractivity contribution in [2.45, 2.75) is 59.0 Å². The molecule has 3 N–H and O–H groups in total. The van der Waals surface area contributed by atoms with Crippen molar-refractivity contribution in [1.29, 1.82) is 0 Å². The molecule has 5 rings (SSSR count). The summed E-state index contributed by atoms with van der Waals surface area (Å²) in [5, 5.41) is 14.8. The molecule has 12 heteroatoms. The molecule has 0 saturated carbocycles. The van der Waals surface area contributed by atoms with Crippen molar-refractivity contribution < 1.29 is 18.7 Å². The highest BCUT2D eigenvalue weighted by Gasteiger charge is 2.40. The van der Waals surface area contributed by atoms with Crippen LogP contribution < -0.4 is 10.6 Å². The number of nitrogens with two attached hydrogens (primary N) is 1. The number of fused-ring (bicyclic) bond motifs is 3. The highest BCUT2D eigenvalue weighted by Crippen LogP contribution is 2.29. The number of aromatic nitrogens is 5. The van der Waals surface area contributed by atoms with Crippen LogP contribution in [0.25, 0.3) is 16.6 Å². The summed E-state index contributed by atoms with van der Waals surface area (Å²) in [6.45, 7) is 9.37. The Kier molecular flexibility index (Phi) is 12.5. The number of nitrogens with zero attached hydrogens (tertiary/aromatic N) is 7. The van der Waals surface area contributed by atoms with E-state index >= 15 is 0 Å². The minimum absolute atomic E-state index is 0.0350. The van der Waals surface area contributed by atoms with Crippen molar-refractivity contribution in [2.24, 2.45) is 0 Å². The highest BCUT2D eigenvalue weighted by molar-refractivity contribution is 5.95. The van der Waals surface area contributed by atoms with Gasteiger partial charge >= 0.3 is 0 Å². The van der Waals surface area contributed by atoms with Crippen LogP contribution in [0.5, 0.6) is 0 Å². The number of unbranched alkanes of at least 4 members (excludes halogenated alkanes) is 1. The molecule has 0 aliphatic carbocycles. The molecule has 1 fully saturated rings. The molecule has 234 valence electrons. The number of carbonyl (C=O) groups is 1. The van der Waals surface area contributed by atoms with Crippen LogP contribution in [0.3, 0.4) is 0 Å². The van der Waals surface area contributed by atoms with Crippen molar-refractivity contribution in [2.75, 3.05) is 37.3 Å². The van der Waals surface area contributed by atoms with E-state index in [1.165, 1.54) is 4.52 Å². The summed E-state index contributed by atoms with van der Waals surface area (Å²) in [5.41, 5.74) is 6.64. The summed E-state index contributed by atoms with van der Waals surface area (Å²) in [6.07, 6.45) is 18.6. The Morgan fingerprint density at radius 1 is 1.09 bits per heavy atom. The molecule has 1 aromatic carbocycles. The van der Waals surface area contributed by atoms with Gasteiger partial charge in [0.05, 0.1) is 22.2 Å². The third kappa shape index (κ3) is 7.57. The van der Waals surface area contributed by atoms with Crippen LogP contribution in [0.4, 0.5) is 20.5 Å². The van der Waals surface area contributed by atoms with Gasteiger partial charge in [0.1, 0.15) is 17.2 Å². The van der Waals surface area contributed by atoms with Gasteiger partial charge in [-0.15, -0.1) is 30.8 Å². The summed E-state index contributed by atoms with van der Waals surface area (Å²) in [5.74, 6) is -0.460. The molecule has 1 saturated heterocycles. The number of pyridine rings is 1. The molecule has 44 heavy (non-hydrogen) atoms. The number of halogens is 2. The third-order valence-electron chi connectivity index (χ3n) is 7.11. The average molecular weight is 607 g/mol. The Balaban J connectivity index is 0.00000106. The summed E-state index contributed by atoms with van der Waals surface area (Å²) in [4.78, 5) is 29.7. The Morgan fingerprint density at radius 3 is 2.36 bits per heavy atom. The predicted molar refractivity (Wildman–Crippen MR) is 170 cm³/mol. The zero-order chi connectivity index (χ0) is 33.2. The first-order chi connectivity index (χ1) is 21.1. The van der Waals surface area contributed by atoms with Crippen molar-refractivity contribution in [3.05, 3.63) is 53.0 Å². The topological polar surface area (TPSA) is 126 Å². The van der Waals surface area contributed by atoms with Crippen LogP contribution in [-0.4, -0.2) is 72.8 Å². The van der Waals surface area contributed by atoms with E-state index in [4.69, 9.17) is 5.73 Å². The van der Waals surface area contributed by atoms with Crippen molar-refractivity contribution in [1.82, 2.24) is 29.5 Å². The van der Waals surface area contributed by atoms with Crippen molar-refractivity contribution in [3.63, 3.8) is 0 Å². The quantitative estimate of drug-likeness (QED) is 0.223. The van der Waals surface area contributed by atoms with E-state index in [9.17, 15) is 18.7 Å². The van der Waals surface area contributed by atoms with Gasteiger partial charge in [0.2, 0.25) is 5.95 Å². The van der Waals surface area contributed by atoms with Gasteiger partial charge < -0.3 is 20.6 Å². The second kappa shape index (κ2) is 15.6. The molecule has 10 nitrogen and oxygen atoms in total. The molecule has 3 aromatic heterocycles. The van der Waals surface area contributed by atoms with E-state index in [2.05, 4.69) is 45.7 Å². The molecule has 0 radical (unpaired) electrons. The van der Waals surface area contributed by atoms with Crippen molar-refractivity contribution in [3.8, 4) is 25.7 Å². The first-order valence-corrected chi connectivity index (χ1v) is 14.3. The Bertz CT molecular complexity index is 1620. The zero-order valence-corrected chi connectivity index (χ0v) is 25.9. The third-order valence-corrected chi connectivity index (χ3v) is 7.11. The summed E-state index contributed by atoms with van der Waals surface area (Å²) in [6, 6.07) is 5.53. The number of benzene rings is 1. The van der Waals surface area contributed by atoms with Gasteiger partial charge in [-0.2, -0.15) is 4.52 Å². The lowest BCUT2D eigenvalue weighted by atomic mass is 9.91. The van der Waals surface area contributed by atoms with Crippen LogP contribution >= 0.6 is 0 Å². The number of aryl methyl sites for hydroxylation is 2. The molecular weight excluding hydrogens is 566 g/mol. The monoisotopic (exact) mass is 606 g/mol. The largest absolute Gasteiger partial charge is 0.386 e. The Hall–Kier alpha value is -4.81. The first-order valence-electron chi connectivity index (χ1n) is 14.3. The smallest absolute Gasteiger partial charge is 0.255 e. The number of carbonyl (C=O) groups excluding carboxylic acids is 1. The van der Waals surface area contributed by atoms with Gasteiger partial charge in [-0.1, -0.05) is 20.8 Å². The van der Waals surface area contributed by atoms with Crippen LogP contribution in [0.15, 0.2) is 24.3 Å². The second-order valence-electron chi connectivity index (χ2n) is 9.94. The summed E-state index contributed by atoms with van der Waals surface area (Å²) < 4.78 is 29.2. The molecule has 0 unspecified atom stereocenters. The molecule has 0 bridgehead atoms. The van der Waals surface area contributed by atoms with Gasteiger partial charge in [-0.25, -0.2) is 23.7 Å². The minimum atomic E-state index is -0.809. The maximum atomic E-state index is 14.2. The number of nitrogen functional groups attached to an aromatic ring is 1. The van der Waals surface area contributed by atoms with Gasteiger partial charge in [-0.3, -0.25) is 4.79 Å². The maximum absolute atomic E-state index is 14.2. The van der Waals surface area contributed by atoms with E-state index < -0.39 is 17.2 Å². The Morgan fingerprint density at radius 2 is 1.75 bits per heavy atom. The lowest BCUT2D eigenvalue weighted by Crippen LogP contribution is -2.61. The lowest BCUT2D eigenvalue weighted by Gasteiger charge is -2.46.